The molecule has 1 aliphatic carbocycles. The van der Waals surface area contributed by atoms with Crippen LogP contribution in [-0.4, -0.2) is 50.8 Å². The maximum absolute atomic E-state index is 8.98. The molecule has 16 heavy (non-hydrogen) atoms. The van der Waals surface area contributed by atoms with Crippen molar-refractivity contribution in [3.63, 3.8) is 0 Å². The van der Waals surface area contributed by atoms with Crippen molar-refractivity contribution in [2.24, 2.45) is 0 Å². The van der Waals surface area contributed by atoms with Crippen molar-refractivity contribution in [2.45, 2.75) is 37.8 Å². The average molecular weight is 225 g/mol. The zero-order chi connectivity index (χ0) is 11.8. The molecule has 1 saturated carbocycles. The Morgan fingerprint density at radius 3 is 2.81 bits per heavy atom. The van der Waals surface area contributed by atoms with E-state index in [2.05, 4.69) is 23.3 Å². The molecule has 0 amide bonds. The van der Waals surface area contributed by atoms with Crippen LogP contribution in [-0.2, 0) is 4.74 Å². The molecule has 92 valence electrons. The summed E-state index contributed by atoms with van der Waals surface area (Å²) in [5, 5.41) is 12.3. The molecule has 0 aromatic carbocycles. The maximum Gasteiger partial charge on any atom is 0.0967 e. The number of nitrogens with one attached hydrogen (secondary N) is 1. The minimum atomic E-state index is 0.0253. The second-order valence-corrected chi connectivity index (χ2v) is 4.56. The summed E-state index contributed by atoms with van der Waals surface area (Å²) >= 11 is 0. The first kappa shape index (κ1) is 13.4. The third kappa shape index (κ3) is 6.06. The van der Waals surface area contributed by atoms with Gasteiger partial charge in [-0.15, -0.1) is 0 Å². The van der Waals surface area contributed by atoms with Gasteiger partial charge in [0, 0.05) is 32.8 Å². The van der Waals surface area contributed by atoms with Crippen LogP contribution in [0, 0.1) is 11.3 Å². The average Bonchev–Trinajstić information content (AvgIpc) is 3.08. The molecule has 0 aromatic rings. The van der Waals surface area contributed by atoms with Crippen molar-refractivity contribution in [2.75, 3.05) is 33.9 Å². The van der Waals surface area contributed by atoms with E-state index in [1.165, 1.54) is 12.8 Å². The summed E-state index contributed by atoms with van der Waals surface area (Å²) in [5.41, 5.74) is 0. The Balaban J connectivity index is 2.03. The van der Waals surface area contributed by atoms with Gasteiger partial charge >= 0.3 is 0 Å². The molecular formula is C12H23N3O. The van der Waals surface area contributed by atoms with Crippen molar-refractivity contribution in [1.82, 2.24) is 10.2 Å². The van der Waals surface area contributed by atoms with E-state index >= 15 is 0 Å². The number of nitrogens with zero attached hydrogens (tertiary/aromatic N) is 2. The molecule has 0 spiro atoms. The third-order valence-electron chi connectivity index (χ3n) is 2.86. The highest BCUT2D eigenvalue weighted by Crippen LogP contribution is 2.19. The Labute approximate surface area is 98.6 Å². The lowest BCUT2D eigenvalue weighted by molar-refractivity contribution is 0.178. The summed E-state index contributed by atoms with van der Waals surface area (Å²) < 4.78 is 5.01. The van der Waals surface area contributed by atoms with Crippen LogP contribution in [0.2, 0.25) is 0 Å². The van der Waals surface area contributed by atoms with Crippen LogP contribution in [0.4, 0.5) is 0 Å². The molecule has 1 aliphatic rings. The van der Waals surface area contributed by atoms with Gasteiger partial charge < -0.3 is 9.64 Å². The van der Waals surface area contributed by atoms with Crippen LogP contribution in [0.5, 0.6) is 0 Å². The van der Waals surface area contributed by atoms with Gasteiger partial charge in [0.05, 0.1) is 12.1 Å². The van der Waals surface area contributed by atoms with E-state index in [0.717, 1.165) is 32.5 Å². The first-order valence-corrected chi connectivity index (χ1v) is 6.09. The van der Waals surface area contributed by atoms with Crippen LogP contribution in [0.15, 0.2) is 0 Å². The lowest BCUT2D eigenvalue weighted by Gasteiger charge is -2.18. The first-order chi connectivity index (χ1) is 7.76. The predicted molar refractivity (Wildman–Crippen MR) is 64.2 cm³/mol. The zero-order valence-corrected chi connectivity index (χ0v) is 10.4. The summed E-state index contributed by atoms with van der Waals surface area (Å²) in [6, 6.07) is 2.97. The molecule has 0 saturated heterocycles. The summed E-state index contributed by atoms with van der Waals surface area (Å²) in [7, 11) is 3.83. The molecule has 0 aliphatic heterocycles. The standard InChI is InChI=1S/C12H23N3O/c1-15(7-3-9-16-2)8-6-12(10-13)14-11-4-5-11/h11-12,14H,3-9H2,1-2H3. The normalized spacial score (nSPS) is 17.4. The lowest BCUT2D eigenvalue weighted by atomic mass is 10.2. The molecule has 4 nitrogen and oxygen atoms in total. The number of hydrogen-bond donors (Lipinski definition) is 1. The largest absolute Gasteiger partial charge is 0.385 e. The van der Waals surface area contributed by atoms with Crippen molar-refractivity contribution in [3.05, 3.63) is 0 Å². The van der Waals surface area contributed by atoms with Gasteiger partial charge in [0.25, 0.3) is 0 Å². The van der Waals surface area contributed by atoms with Gasteiger partial charge in [-0.05, 0) is 32.7 Å². The molecule has 1 fully saturated rings. The van der Waals surface area contributed by atoms with Crippen molar-refractivity contribution in [1.29, 1.82) is 5.26 Å². The molecule has 4 heteroatoms. The van der Waals surface area contributed by atoms with E-state index in [-0.39, 0.29) is 6.04 Å². The van der Waals surface area contributed by atoms with Crippen LogP contribution < -0.4 is 5.32 Å². The van der Waals surface area contributed by atoms with E-state index in [1.807, 2.05) is 0 Å². The Morgan fingerprint density at radius 2 is 2.25 bits per heavy atom. The topological polar surface area (TPSA) is 48.3 Å². The summed E-state index contributed by atoms with van der Waals surface area (Å²) in [6.45, 7) is 2.82. The fourth-order valence-corrected chi connectivity index (χ4v) is 1.66. The Bertz CT molecular complexity index is 223. The van der Waals surface area contributed by atoms with Gasteiger partial charge in [0.15, 0.2) is 0 Å². The Kier molecular flexibility index (Phi) is 6.39. The van der Waals surface area contributed by atoms with Crippen LogP contribution in [0.3, 0.4) is 0 Å². The van der Waals surface area contributed by atoms with Crippen molar-refractivity contribution >= 4 is 0 Å². The first-order valence-electron chi connectivity index (χ1n) is 6.09. The van der Waals surface area contributed by atoms with Gasteiger partial charge in [0.1, 0.15) is 0 Å². The lowest BCUT2D eigenvalue weighted by Crippen LogP contribution is -2.33. The highest BCUT2D eigenvalue weighted by molar-refractivity contribution is 4.95. The number of methoxy groups -OCH3 is 1. The quantitative estimate of drug-likeness (QED) is 0.594. The Hall–Kier alpha value is -0.630. The van der Waals surface area contributed by atoms with Crippen LogP contribution in [0.1, 0.15) is 25.7 Å². The van der Waals surface area contributed by atoms with Gasteiger partial charge in [-0.1, -0.05) is 0 Å². The SMILES string of the molecule is COCCCN(C)CCC(C#N)NC1CC1. The van der Waals surface area contributed by atoms with E-state index in [1.54, 1.807) is 7.11 Å². The van der Waals surface area contributed by atoms with Crippen molar-refractivity contribution < 1.29 is 4.74 Å². The maximum atomic E-state index is 8.98. The summed E-state index contributed by atoms with van der Waals surface area (Å²) in [6.07, 6.45) is 4.44. The van der Waals surface area contributed by atoms with Crippen LogP contribution in [0.25, 0.3) is 0 Å². The van der Waals surface area contributed by atoms with Gasteiger partial charge in [-0.3, -0.25) is 5.32 Å². The smallest absolute Gasteiger partial charge is 0.0967 e. The van der Waals surface area contributed by atoms with E-state index in [9.17, 15) is 0 Å². The second-order valence-electron chi connectivity index (χ2n) is 4.56. The molecular weight excluding hydrogens is 202 g/mol. The molecule has 1 atom stereocenters. The minimum absolute atomic E-state index is 0.0253. The number of hydrogen-bond acceptors (Lipinski definition) is 4. The predicted octanol–water partition coefficient (Wildman–Crippen LogP) is 0.989. The highest BCUT2D eigenvalue weighted by Gasteiger charge is 2.24. The number of nitriles is 1. The minimum Gasteiger partial charge on any atom is -0.385 e. The Morgan fingerprint density at radius 1 is 1.50 bits per heavy atom. The third-order valence-corrected chi connectivity index (χ3v) is 2.86. The number of rotatable bonds is 9. The number of ether oxygens (including phenoxy) is 1. The molecule has 0 aromatic heterocycles. The zero-order valence-electron chi connectivity index (χ0n) is 10.4. The van der Waals surface area contributed by atoms with Gasteiger partial charge in [0.2, 0.25) is 0 Å². The molecule has 1 N–H and O–H groups in total. The van der Waals surface area contributed by atoms with Crippen LogP contribution >= 0.6 is 0 Å². The molecule has 1 unspecified atom stereocenters. The fraction of sp³-hybridized carbons (Fsp3) is 0.917. The van der Waals surface area contributed by atoms with Gasteiger partial charge in [-0.25, -0.2) is 0 Å². The molecule has 0 heterocycles. The molecule has 0 bridgehead atoms. The van der Waals surface area contributed by atoms with E-state index in [4.69, 9.17) is 10.00 Å². The molecule has 0 radical (unpaired) electrons. The summed E-state index contributed by atoms with van der Waals surface area (Å²) in [4.78, 5) is 2.26. The second kappa shape index (κ2) is 7.61. The summed E-state index contributed by atoms with van der Waals surface area (Å²) in [5.74, 6) is 0. The highest BCUT2D eigenvalue weighted by atomic mass is 16.5. The van der Waals surface area contributed by atoms with E-state index in [0.29, 0.717) is 6.04 Å². The monoisotopic (exact) mass is 225 g/mol. The fourth-order valence-electron chi connectivity index (χ4n) is 1.66. The molecule has 1 rings (SSSR count). The van der Waals surface area contributed by atoms with Crippen molar-refractivity contribution in [3.8, 4) is 6.07 Å². The van der Waals surface area contributed by atoms with Gasteiger partial charge in [-0.2, -0.15) is 5.26 Å². The van der Waals surface area contributed by atoms with E-state index < -0.39 is 0 Å².